The van der Waals surface area contributed by atoms with Crippen LogP contribution in [0.1, 0.15) is 23.6 Å². The summed E-state index contributed by atoms with van der Waals surface area (Å²) in [5.41, 5.74) is 1.97. The maximum atomic E-state index is 13.5. The van der Waals surface area contributed by atoms with Crippen molar-refractivity contribution in [1.82, 2.24) is 14.1 Å². The lowest BCUT2D eigenvalue weighted by atomic mass is 10.0. The Morgan fingerprint density at radius 3 is 2.25 bits per heavy atom. The molecule has 0 unspecified atom stereocenters. The molecule has 0 saturated carbocycles. The van der Waals surface area contributed by atoms with E-state index >= 15 is 0 Å². The number of morpholine rings is 1. The predicted molar refractivity (Wildman–Crippen MR) is 123 cm³/mol. The van der Waals surface area contributed by atoms with Gasteiger partial charge in [-0.1, -0.05) is 48.0 Å². The number of ether oxygens (including phenoxy) is 1. The van der Waals surface area contributed by atoms with E-state index in [0.717, 1.165) is 11.1 Å². The molecular weight excluding hydrogens is 426 g/mol. The summed E-state index contributed by atoms with van der Waals surface area (Å²) in [6.45, 7) is 6.18. The van der Waals surface area contributed by atoms with Crippen molar-refractivity contribution >= 4 is 15.9 Å². The van der Waals surface area contributed by atoms with Gasteiger partial charge in [0.15, 0.2) is 0 Å². The van der Waals surface area contributed by atoms with Crippen LogP contribution in [0.5, 0.6) is 0 Å². The Hall–Kier alpha value is -2.26. The second kappa shape index (κ2) is 10.1. The van der Waals surface area contributed by atoms with Crippen LogP contribution < -0.4 is 0 Å². The predicted octanol–water partition coefficient (Wildman–Crippen LogP) is 2.29. The first kappa shape index (κ1) is 22.9. The van der Waals surface area contributed by atoms with Crippen molar-refractivity contribution in [3.63, 3.8) is 0 Å². The Labute approximate surface area is 190 Å². The van der Waals surface area contributed by atoms with Gasteiger partial charge in [-0.2, -0.15) is 4.31 Å². The molecule has 0 aliphatic carbocycles. The van der Waals surface area contributed by atoms with Crippen LogP contribution in [0.3, 0.4) is 0 Å². The molecule has 2 fully saturated rings. The largest absolute Gasteiger partial charge is 0.378 e. The van der Waals surface area contributed by atoms with Gasteiger partial charge in [-0.05, 0) is 31.0 Å². The molecule has 7 nitrogen and oxygen atoms in total. The number of benzene rings is 2. The molecule has 1 amide bonds. The Bertz CT molecular complexity index is 1010. The Morgan fingerprint density at radius 2 is 1.56 bits per heavy atom. The second-order valence-electron chi connectivity index (χ2n) is 8.36. The molecule has 2 aromatic rings. The Kier molecular flexibility index (Phi) is 7.25. The molecule has 8 heteroatoms. The monoisotopic (exact) mass is 457 g/mol. The third-order valence-electron chi connectivity index (χ3n) is 6.19. The smallest absolute Gasteiger partial charge is 0.244 e. The van der Waals surface area contributed by atoms with Crippen molar-refractivity contribution in [3.8, 4) is 0 Å². The molecule has 0 spiro atoms. The number of hydrogen-bond acceptors (Lipinski definition) is 5. The van der Waals surface area contributed by atoms with Gasteiger partial charge in [0.05, 0.1) is 18.1 Å². The zero-order valence-corrected chi connectivity index (χ0v) is 19.3. The first-order chi connectivity index (χ1) is 15.5. The number of rotatable bonds is 5. The van der Waals surface area contributed by atoms with E-state index < -0.39 is 16.1 Å². The molecule has 2 aromatic carbocycles. The topological polar surface area (TPSA) is 70.2 Å². The zero-order valence-electron chi connectivity index (χ0n) is 18.5. The summed E-state index contributed by atoms with van der Waals surface area (Å²) in [5, 5.41) is 0. The third kappa shape index (κ3) is 5.04. The molecule has 0 radical (unpaired) electrons. The Morgan fingerprint density at radius 1 is 0.875 bits per heavy atom. The van der Waals surface area contributed by atoms with Gasteiger partial charge in [-0.15, -0.1) is 0 Å². The number of carbonyl (C=O) groups excluding carboxylic acids is 1. The zero-order chi connectivity index (χ0) is 22.6. The number of carbonyl (C=O) groups is 1. The molecule has 172 valence electrons. The van der Waals surface area contributed by atoms with E-state index in [9.17, 15) is 13.2 Å². The molecule has 0 aromatic heterocycles. The van der Waals surface area contributed by atoms with E-state index in [4.69, 9.17) is 4.74 Å². The molecular formula is C24H31N3O4S. The van der Waals surface area contributed by atoms with E-state index in [-0.39, 0.29) is 5.91 Å². The summed E-state index contributed by atoms with van der Waals surface area (Å²) in [4.78, 5) is 17.9. The highest BCUT2D eigenvalue weighted by molar-refractivity contribution is 7.89. The lowest BCUT2D eigenvalue weighted by Gasteiger charge is -2.36. The average Bonchev–Trinajstić information content (AvgIpc) is 3.08. The van der Waals surface area contributed by atoms with Gasteiger partial charge in [-0.25, -0.2) is 8.42 Å². The number of nitrogens with zero attached hydrogens (tertiary/aromatic N) is 3. The standard InChI is InChI=1S/C24H31N3O4S/c1-20-8-10-22(11-9-20)32(29,30)27-13-5-12-25(14-15-27)23(21-6-3-2-4-7-21)24(28)26-16-18-31-19-17-26/h2-4,6-11,23H,5,12-19H2,1H3/t23-/m1/s1. The number of amides is 1. The normalized spacial score (nSPS) is 20.0. The molecule has 2 heterocycles. The highest BCUT2D eigenvalue weighted by Gasteiger charge is 2.35. The van der Waals surface area contributed by atoms with Crippen molar-refractivity contribution in [2.45, 2.75) is 24.3 Å². The van der Waals surface area contributed by atoms with Crippen LogP contribution >= 0.6 is 0 Å². The molecule has 2 aliphatic heterocycles. The van der Waals surface area contributed by atoms with Crippen molar-refractivity contribution in [2.24, 2.45) is 0 Å². The van der Waals surface area contributed by atoms with Gasteiger partial charge in [-0.3, -0.25) is 9.69 Å². The molecule has 1 atom stereocenters. The Balaban J connectivity index is 1.54. The van der Waals surface area contributed by atoms with Gasteiger partial charge in [0.2, 0.25) is 15.9 Å². The lowest BCUT2D eigenvalue weighted by Crippen LogP contribution is -2.48. The second-order valence-corrected chi connectivity index (χ2v) is 10.3. The summed E-state index contributed by atoms with van der Waals surface area (Å²) >= 11 is 0. The van der Waals surface area contributed by atoms with E-state index in [1.54, 1.807) is 16.4 Å². The van der Waals surface area contributed by atoms with Gasteiger partial charge in [0.1, 0.15) is 6.04 Å². The third-order valence-corrected chi connectivity index (χ3v) is 8.10. The number of sulfonamides is 1. The fraction of sp³-hybridized carbons (Fsp3) is 0.458. The highest BCUT2D eigenvalue weighted by Crippen LogP contribution is 2.27. The summed E-state index contributed by atoms with van der Waals surface area (Å²) < 4.78 is 33.4. The molecule has 2 aliphatic rings. The van der Waals surface area contributed by atoms with E-state index in [1.165, 1.54) is 0 Å². The van der Waals surface area contributed by atoms with Crippen molar-refractivity contribution in [3.05, 3.63) is 65.7 Å². The van der Waals surface area contributed by atoms with Gasteiger partial charge in [0, 0.05) is 39.3 Å². The first-order valence-corrected chi connectivity index (χ1v) is 12.6. The minimum atomic E-state index is -3.56. The van der Waals surface area contributed by atoms with E-state index in [0.29, 0.717) is 63.8 Å². The van der Waals surface area contributed by atoms with Crippen molar-refractivity contribution < 1.29 is 17.9 Å². The lowest BCUT2D eigenvalue weighted by molar-refractivity contribution is -0.141. The van der Waals surface area contributed by atoms with Crippen LogP contribution in [0.25, 0.3) is 0 Å². The van der Waals surface area contributed by atoms with E-state index in [2.05, 4.69) is 4.90 Å². The molecule has 2 saturated heterocycles. The maximum Gasteiger partial charge on any atom is 0.244 e. The minimum Gasteiger partial charge on any atom is -0.378 e. The van der Waals surface area contributed by atoms with E-state index in [1.807, 2.05) is 54.3 Å². The van der Waals surface area contributed by atoms with Crippen LogP contribution in [0.4, 0.5) is 0 Å². The summed E-state index contributed by atoms with van der Waals surface area (Å²) in [7, 11) is -3.56. The molecule has 0 bridgehead atoms. The fourth-order valence-corrected chi connectivity index (χ4v) is 5.84. The summed E-state index contributed by atoms with van der Waals surface area (Å²) in [6.07, 6.45) is 0.671. The van der Waals surface area contributed by atoms with Gasteiger partial charge in [0.25, 0.3) is 0 Å². The first-order valence-electron chi connectivity index (χ1n) is 11.2. The van der Waals surface area contributed by atoms with Gasteiger partial charge >= 0.3 is 0 Å². The van der Waals surface area contributed by atoms with Crippen LogP contribution in [0.2, 0.25) is 0 Å². The van der Waals surface area contributed by atoms with Crippen LogP contribution in [-0.4, -0.2) is 80.9 Å². The highest BCUT2D eigenvalue weighted by atomic mass is 32.2. The van der Waals surface area contributed by atoms with Crippen molar-refractivity contribution in [1.29, 1.82) is 0 Å². The molecule has 0 N–H and O–H groups in total. The van der Waals surface area contributed by atoms with Gasteiger partial charge < -0.3 is 9.64 Å². The summed E-state index contributed by atoms with van der Waals surface area (Å²) in [5.74, 6) is 0.0642. The van der Waals surface area contributed by atoms with Crippen molar-refractivity contribution in [2.75, 3.05) is 52.5 Å². The molecule has 4 rings (SSSR count). The van der Waals surface area contributed by atoms with Crippen LogP contribution in [0, 0.1) is 6.92 Å². The fourth-order valence-electron chi connectivity index (χ4n) is 4.37. The SMILES string of the molecule is Cc1ccc(S(=O)(=O)N2CCCN([C@@H](C(=O)N3CCOCC3)c3ccccc3)CC2)cc1. The minimum absolute atomic E-state index is 0.0642. The average molecular weight is 458 g/mol. The van der Waals surface area contributed by atoms with Crippen LogP contribution in [0.15, 0.2) is 59.5 Å². The van der Waals surface area contributed by atoms with Crippen LogP contribution in [-0.2, 0) is 19.6 Å². The summed E-state index contributed by atoms with van der Waals surface area (Å²) in [6, 6.07) is 16.4. The maximum absolute atomic E-state index is 13.5. The number of hydrogen-bond donors (Lipinski definition) is 0. The quantitative estimate of drug-likeness (QED) is 0.689. The molecule has 32 heavy (non-hydrogen) atoms. The number of aryl methyl sites for hydroxylation is 1.